The van der Waals surface area contributed by atoms with Crippen LogP contribution in [0.25, 0.3) is 6.08 Å². The van der Waals surface area contributed by atoms with E-state index in [-0.39, 0.29) is 6.61 Å². The highest BCUT2D eigenvalue weighted by Crippen LogP contribution is 2.01. The molecule has 1 aromatic heterocycles. The van der Waals surface area contributed by atoms with Gasteiger partial charge in [0, 0.05) is 13.2 Å². The Labute approximate surface area is 90.8 Å². The molecule has 1 unspecified atom stereocenters. The summed E-state index contributed by atoms with van der Waals surface area (Å²) in [5.74, 6) is 1.40. The van der Waals surface area contributed by atoms with Gasteiger partial charge in [-0.05, 0) is 37.1 Å². The van der Waals surface area contributed by atoms with Crippen molar-refractivity contribution in [3.8, 4) is 0 Å². The zero-order valence-corrected chi connectivity index (χ0v) is 9.15. The van der Waals surface area contributed by atoms with Gasteiger partial charge in [-0.15, -0.1) is 0 Å². The van der Waals surface area contributed by atoms with Crippen molar-refractivity contribution in [1.82, 2.24) is 5.32 Å². The Morgan fingerprint density at radius 2 is 2.47 bits per heavy atom. The van der Waals surface area contributed by atoms with E-state index >= 15 is 0 Å². The van der Waals surface area contributed by atoms with Crippen LogP contribution in [0.1, 0.15) is 19.1 Å². The summed E-state index contributed by atoms with van der Waals surface area (Å²) in [5, 5.41) is 12.0. The third kappa shape index (κ3) is 5.40. The van der Waals surface area contributed by atoms with Crippen LogP contribution >= 0.6 is 0 Å². The zero-order valence-electron chi connectivity index (χ0n) is 9.15. The predicted molar refractivity (Wildman–Crippen MR) is 61.5 cm³/mol. The first-order valence-corrected chi connectivity index (χ1v) is 5.34. The van der Waals surface area contributed by atoms with Crippen molar-refractivity contribution in [3.05, 3.63) is 30.2 Å². The van der Waals surface area contributed by atoms with Gasteiger partial charge < -0.3 is 14.8 Å². The first kappa shape index (κ1) is 12.0. The molecule has 3 heteroatoms. The van der Waals surface area contributed by atoms with Crippen LogP contribution in [0.5, 0.6) is 0 Å². The van der Waals surface area contributed by atoms with Crippen LogP contribution in [-0.2, 0) is 0 Å². The molecule has 0 saturated carbocycles. The van der Waals surface area contributed by atoms with Crippen molar-refractivity contribution in [2.45, 2.75) is 13.3 Å². The molecule has 0 amide bonds. The molecular weight excluding hydrogens is 190 g/mol. The van der Waals surface area contributed by atoms with Crippen LogP contribution in [0.15, 0.2) is 28.9 Å². The van der Waals surface area contributed by atoms with Gasteiger partial charge in [-0.25, -0.2) is 0 Å². The lowest BCUT2D eigenvalue weighted by Crippen LogP contribution is -2.21. The molecule has 0 aliphatic rings. The van der Waals surface area contributed by atoms with Crippen LogP contribution in [0.3, 0.4) is 0 Å². The number of rotatable bonds is 7. The maximum absolute atomic E-state index is 8.71. The maximum Gasteiger partial charge on any atom is 0.126 e. The molecule has 0 aliphatic heterocycles. The summed E-state index contributed by atoms with van der Waals surface area (Å²) >= 11 is 0. The largest absolute Gasteiger partial charge is 0.465 e. The fourth-order valence-corrected chi connectivity index (χ4v) is 1.30. The number of aliphatic hydroxyl groups is 1. The van der Waals surface area contributed by atoms with E-state index in [1.165, 1.54) is 0 Å². The second-order valence-corrected chi connectivity index (χ2v) is 3.69. The molecule has 0 bridgehead atoms. The molecule has 1 aromatic rings. The molecule has 0 spiro atoms. The molecule has 3 nitrogen and oxygen atoms in total. The van der Waals surface area contributed by atoms with Crippen molar-refractivity contribution in [2.75, 3.05) is 19.7 Å². The third-order valence-electron chi connectivity index (χ3n) is 2.20. The van der Waals surface area contributed by atoms with Gasteiger partial charge >= 0.3 is 0 Å². The van der Waals surface area contributed by atoms with Gasteiger partial charge in [0.05, 0.1) is 6.26 Å². The Morgan fingerprint density at radius 1 is 1.60 bits per heavy atom. The molecule has 0 saturated heterocycles. The molecule has 1 atom stereocenters. The van der Waals surface area contributed by atoms with E-state index in [0.717, 1.165) is 25.3 Å². The number of furan rings is 1. The van der Waals surface area contributed by atoms with Gasteiger partial charge in [0.1, 0.15) is 5.76 Å². The number of hydrogen-bond acceptors (Lipinski definition) is 3. The molecule has 0 aliphatic carbocycles. The van der Waals surface area contributed by atoms with Gasteiger partial charge in [-0.1, -0.05) is 13.0 Å². The Balaban J connectivity index is 2.06. The highest BCUT2D eigenvalue weighted by molar-refractivity contribution is 5.42. The van der Waals surface area contributed by atoms with Crippen molar-refractivity contribution in [3.63, 3.8) is 0 Å². The molecule has 84 valence electrons. The van der Waals surface area contributed by atoms with Crippen molar-refractivity contribution >= 4 is 6.08 Å². The van der Waals surface area contributed by atoms with Crippen molar-refractivity contribution in [2.24, 2.45) is 5.92 Å². The van der Waals surface area contributed by atoms with Crippen molar-refractivity contribution < 1.29 is 9.52 Å². The van der Waals surface area contributed by atoms with Crippen molar-refractivity contribution in [1.29, 1.82) is 0 Å². The molecule has 2 N–H and O–H groups in total. The maximum atomic E-state index is 8.71. The van der Waals surface area contributed by atoms with Gasteiger partial charge in [0.2, 0.25) is 0 Å². The molecule has 0 fully saturated rings. The number of nitrogens with one attached hydrogen (secondary N) is 1. The van der Waals surface area contributed by atoms with Gasteiger partial charge in [-0.3, -0.25) is 0 Å². The lowest BCUT2D eigenvalue weighted by Gasteiger charge is -2.08. The smallest absolute Gasteiger partial charge is 0.126 e. The van der Waals surface area contributed by atoms with Crippen LogP contribution in [0.4, 0.5) is 0 Å². The summed E-state index contributed by atoms with van der Waals surface area (Å²) in [6, 6.07) is 3.79. The minimum absolute atomic E-state index is 0.269. The fraction of sp³-hybridized carbons (Fsp3) is 0.500. The Bertz CT molecular complexity index is 267. The van der Waals surface area contributed by atoms with Gasteiger partial charge in [-0.2, -0.15) is 0 Å². The second kappa shape index (κ2) is 7.26. The van der Waals surface area contributed by atoms with E-state index in [1.807, 2.05) is 24.3 Å². The van der Waals surface area contributed by atoms with Crippen LogP contribution in [0.2, 0.25) is 0 Å². The molecule has 0 aromatic carbocycles. The quantitative estimate of drug-likeness (QED) is 0.674. The van der Waals surface area contributed by atoms with E-state index in [4.69, 9.17) is 9.52 Å². The van der Waals surface area contributed by atoms with Crippen LogP contribution in [-0.4, -0.2) is 24.8 Å². The zero-order chi connectivity index (χ0) is 10.9. The van der Waals surface area contributed by atoms with Crippen LogP contribution in [0, 0.1) is 5.92 Å². The number of hydrogen-bond donors (Lipinski definition) is 2. The predicted octanol–water partition coefficient (Wildman–Crippen LogP) is 1.90. The first-order chi connectivity index (χ1) is 7.33. The van der Waals surface area contributed by atoms with Gasteiger partial charge in [0.15, 0.2) is 0 Å². The minimum Gasteiger partial charge on any atom is -0.465 e. The molecule has 1 heterocycles. The summed E-state index contributed by atoms with van der Waals surface area (Å²) in [6.45, 7) is 4.16. The van der Waals surface area contributed by atoms with Gasteiger partial charge in [0.25, 0.3) is 0 Å². The highest BCUT2D eigenvalue weighted by atomic mass is 16.3. The minimum atomic E-state index is 0.269. The summed E-state index contributed by atoms with van der Waals surface area (Å²) < 4.78 is 5.15. The van der Waals surface area contributed by atoms with E-state index in [2.05, 4.69) is 12.2 Å². The Morgan fingerprint density at radius 3 is 3.13 bits per heavy atom. The SMILES string of the molecule is CC(CCO)CNC/C=C/c1ccco1. The van der Waals surface area contributed by atoms with E-state index in [0.29, 0.717) is 5.92 Å². The lowest BCUT2D eigenvalue weighted by atomic mass is 10.1. The third-order valence-corrected chi connectivity index (χ3v) is 2.20. The summed E-state index contributed by atoms with van der Waals surface area (Å²) in [7, 11) is 0. The van der Waals surface area contributed by atoms with E-state index < -0.39 is 0 Å². The summed E-state index contributed by atoms with van der Waals surface area (Å²) in [5.41, 5.74) is 0. The lowest BCUT2D eigenvalue weighted by molar-refractivity contribution is 0.261. The standard InChI is InChI=1S/C12H19NO2/c1-11(6-8-14)10-13-7-2-4-12-5-3-9-15-12/h2-5,9,11,13-14H,6-8,10H2,1H3/b4-2+. The molecule has 1 rings (SSSR count). The normalized spacial score (nSPS) is 13.5. The summed E-state index contributed by atoms with van der Waals surface area (Å²) in [6.07, 6.45) is 6.50. The average Bonchev–Trinajstić information content (AvgIpc) is 2.70. The highest BCUT2D eigenvalue weighted by Gasteiger charge is 1.98. The van der Waals surface area contributed by atoms with Crippen LogP contribution < -0.4 is 5.32 Å². The topological polar surface area (TPSA) is 45.4 Å². The Hall–Kier alpha value is -1.06. The second-order valence-electron chi connectivity index (χ2n) is 3.69. The monoisotopic (exact) mass is 209 g/mol. The molecular formula is C12H19NO2. The average molecular weight is 209 g/mol. The molecule has 15 heavy (non-hydrogen) atoms. The number of aliphatic hydroxyl groups excluding tert-OH is 1. The fourth-order valence-electron chi connectivity index (χ4n) is 1.30. The summed E-state index contributed by atoms with van der Waals surface area (Å²) in [4.78, 5) is 0. The van der Waals surface area contributed by atoms with E-state index in [9.17, 15) is 0 Å². The van der Waals surface area contributed by atoms with E-state index in [1.54, 1.807) is 6.26 Å². The Kier molecular flexibility index (Phi) is 5.81. The molecule has 0 radical (unpaired) electrons. The first-order valence-electron chi connectivity index (χ1n) is 5.34.